The van der Waals surface area contributed by atoms with Crippen molar-refractivity contribution in [2.45, 2.75) is 51.0 Å². The summed E-state index contributed by atoms with van der Waals surface area (Å²) < 4.78 is 0. The Balaban J connectivity index is 1.32. The molecule has 24 heavy (non-hydrogen) atoms. The second-order valence-electron chi connectivity index (χ2n) is 7.12. The Labute approximate surface area is 142 Å². The van der Waals surface area contributed by atoms with E-state index in [1.54, 1.807) is 0 Å². The van der Waals surface area contributed by atoms with Gasteiger partial charge in [-0.3, -0.25) is 4.79 Å². The van der Waals surface area contributed by atoms with Crippen molar-refractivity contribution >= 4 is 12.0 Å². The fraction of sp³-hybridized carbons (Fsp3) is 0.579. The quantitative estimate of drug-likeness (QED) is 0.777. The highest BCUT2D eigenvalue weighted by Gasteiger charge is 2.26. The molecule has 130 valence electrons. The second kappa shape index (κ2) is 7.69. The van der Waals surface area contributed by atoms with Gasteiger partial charge in [-0.25, -0.2) is 4.79 Å². The molecule has 3 N–H and O–H groups in total. The lowest BCUT2D eigenvalue weighted by Crippen LogP contribution is -2.44. The lowest BCUT2D eigenvalue weighted by molar-refractivity contribution is -0.142. The van der Waals surface area contributed by atoms with Crippen LogP contribution >= 0.6 is 0 Å². The van der Waals surface area contributed by atoms with Crippen LogP contribution < -0.4 is 10.6 Å². The van der Waals surface area contributed by atoms with Gasteiger partial charge in [0.05, 0.1) is 5.92 Å². The van der Waals surface area contributed by atoms with E-state index < -0.39 is 5.97 Å². The summed E-state index contributed by atoms with van der Waals surface area (Å²) in [7, 11) is 0. The third-order valence-corrected chi connectivity index (χ3v) is 5.39. The van der Waals surface area contributed by atoms with E-state index in [0.717, 1.165) is 32.1 Å². The molecule has 2 amide bonds. The minimum Gasteiger partial charge on any atom is -0.481 e. The van der Waals surface area contributed by atoms with E-state index in [9.17, 15) is 9.59 Å². The number of benzene rings is 1. The fourth-order valence-electron chi connectivity index (χ4n) is 3.97. The van der Waals surface area contributed by atoms with Crippen LogP contribution in [-0.2, 0) is 17.6 Å². The number of hydrogen-bond donors (Lipinski definition) is 3. The largest absolute Gasteiger partial charge is 0.481 e. The van der Waals surface area contributed by atoms with E-state index in [-0.39, 0.29) is 18.0 Å². The smallest absolute Gasteiger partial charge is 0.315 e. The summed E-state index contributed by atoms with van der Waals surface area (Å²) in [6.07, 6.45) is 6.02. The fourth-order valence-corrected chi connectivity index (χ4v) is 3.97. The van der Waals surface area contributed by atoms with Gasteiger partial charge in [-0.2, -0.15) is 0 Å². The number of hydrogen-bond acceptors (Lipinski definition) is 2. The predicted octanol–water partition coefficient (Wildman–Crippen LogP) is 2.73. The van der Waals surface area contributed by atoms with Gasteiger partial charge < -0.3 is 15.7 Å². The first-order valence-corrected chi connectivity index (χ1v) is 8.95. The molecule has 1 aromatic carbocycles. The number of carbonyl (C=O) groups excluding carboxylic acids is 1. The van der Waals surface area contributed by atoms with Crippen molar-refractivity contribution in [2.75, 3.05) is 6.54 Å². The normalized spacial score (nSPS) is 23.5. The van der Waals surface area contributed by atoms with E-state index in [0.29, 0.717) is 25.3 Å². The number of carbonyl (C=O) groups is 2. The van der Waals surface area contributed by atoms with Crippen LogP contribution in [0.2, 0.25) is 0 Å². The predicted molar refractivity (Wildman–Crippen MR) is 91.9 cm³/mol. The van der Waals surface area contributed by atoms with Crippen LogP contribution in [0.25, 0.3) is 0 Å². The van der Waals surface area contributed by atoms with Gasteiger partial charge in [0.2, 0.25) is 0 Å². The van der Waals surface area contributed by atoms with Gasteiger partial charge in [0.1, 0.15) is 0 Å². The first-order chi connectivity index (χ1) is 11.6. The molecule has 3 rings (SSSR count). The Hall–Kier alpha value is -2.04. The minimum absolute atomic E-state index is 0.108. The van der Waals surface area contributed by atoms with Crippen molar-refractivity contribution in [3.05, 3.63) is 35.4 Å². The maximum atomic E-state index is 12.0. The molecule has 1 saturated carbocycles. The van der Waals surface area contributed by atoms with Gasteiger partial charge in [0.25, 0.3) is 0 Å². The van der Waals surface area contributed by atoms with Gasteiger partial charge in [-0.15, -0.1) is 0 Å². The zero-order valence-corrected chi connectivity index (χ0v) is 14.0. The number of fused-ring (bicyclic) bond motifs is 1. The molecule has 0 aliphatic heterocycles. The standard InChI is InChI=1S/C19H26N2O3/c22-18(23)14-5-7-17(8-6-14)21-19(24)20-10-9-13-11-15-3-1-2-4-16(15)12-13/h1-4,13-14,17H,5-12H2,(H,22,23)(H2,20,21,24). The first kappa shape index (κ1) is 16.8. The zero-order valence-electron chi connectivity index (χ0n) is 14.0. The van der Waals surface area contributed by atoms with Crippen molar-refractivity contribution in [1.29, 1.82) is 0 Å². The highest BCUT2D eigenvalue weighted by atomic mass is 16.4. The minimum atomic E-state index is -0.713. The maximum Gasteiger partial charge on any atom is 0.315 e. The van der Waals surface area contributed by atoms with E-state index in [4.69, 9.17) is 5.11 Å². The van der Waals surface area contributed by atoms with Crippen molar-refractivity contribution in [2.24, 2.45) is 11.8 Å². The summed E-state index contributed by atoms with van der Waals surface area (Å²) >= 11 is 0. The molecule has 0 saturated heterocycles. The Morgan fingerprint density at radius 2 is 1.67 bits per heavy atom. The van der Waals surface area contributed by atoms with Crippen molar-refractivity contribution in [1.82, 2.24) is 10.6 Å². The molecule has 0 heterocycles. The topological polar surface area (TPSA) is 78.4 Å². The molecular weight excluding hydrogens is 304 g/mol. The molecule has 0 unspecified atom stereocenters. The van der Waals surface area contributed by atoms with Gasteiger partial charge in [-0.05, 0) is 62.0 Å². The van der Waals surface area contributed by atoms with Crippen LogP contribution in [0.1, 0.15) is 43.2 Å². The van der Waals surface area contributed by atoms with Crippen molar-refractivity contribution in [3.8, 4) is 0 Å². The lowest BCUT2D eigenvalue weighted by atomic mass is 9.86. The highest BCUT2D eigenvalue weighted by molar-refractivity contribution is 5.74. The average Bonchev–Trinajstić information content (AvgIpc) is 2.98. The number of rotatable bonds is 5. The van der Waals surface area contributed by atoms with E-state index in [1.165, 1.54) is 11.1 Å². The Kier molecular flexibility index (Phi) is 5.38. The molecule has 2 aliphatic rings. The Morgan fingerprint density at radius 3 is 2.25 bits per heavy atom. The van der Waals surface area contributed by atoms with Crippen LogP contribution in [0.15, 0.2) is 24.3 Å². The number of amides is 2. The summed E-state index contributed by atoms with van der Waals surface area (Å²) in [6, 6.07) is 8.56. The summed E-state index contributed by atoms with van der Waals surface area (Å²) in [5.74, 6) is -0.334. The zero-order chi connectivity index (χ0) is 16.9. The summed E-state index contributed by atoms with van der Waals surface area (Å²) in [4.78, 5) is 22.9. The summed E-state index contributed by atoms with van der Waals surface area (Å²) in [5, 5.41) is 14.9. The number of carboxylic acids is 1. The Morgan fingerprint density at radius 1 is 1.04 bits per heavy atom. The molecular formula is C19H26N2O3. The third-order valence-electron chi connectivity index (χ3n) is 5.39. The number of aliphatic carboxylic acids is 1. The monoisotopic (exact) mass is 330 g/mol. The summed E-state index contributed by atoms with van der Waals surface area (Å²) in [5.41, 5.74) is 2.89. The molecule has 5 nitrogen and oxygen atoms in total. The van der Waals surface area contributed by atoms with E-state index in [1.807, 2.05) is 0 Å². The number of urea groups is 1. The molecule has 0 aromatic heterocycles. The molecule has 2 aliphatic carbocycles. The van der Waals surface area contributed by atoms with E-state index >= 15 is 0 Å². The van der Waals surface area contributed by atoms with Crippen LogP contribution in [0.5, 0.6) is 0 Å². The van der Waals surface area contributed by atoms with Crippen LogP contribution in [-0.4, -0.2) is 29.7 Å². The van der Waals surface area contributed by atoms with Crippen LogP contribution in [0, 0.1) is 11.8 Å². The van der Waals surface area contributed by atoms with E-state index in [2.05, 4.69) is 34.9 Å². The molecule has 0 radical (unpaired) electrons. The van der Waals surface area contributed by atoms with Crippen LogP contribution in [0.3, 0.4) is 0 Å². The maximum absolute atomic E-state index is 12.0. The lowest BCUT2D eigenvalue weighted by Gasteiger charge is -2.26. The second-order valence-corrected chi connectivity index (χ2v) is 7.12. The molecule has 0 spiro atoms. The first-order valence-electron chi connectivity index (χ1n) is 8.95. The molecule has 0 bridgehead atoms. The molecule has 1 aromatic rings. The van der Waals surface area contributed by atoms with Crippen LogP contribution in [0.4, 0.5) is 4.79 Å². The third kappa shape index (κ3) is 4.28. The van der Waals surface area contributed by atoms with Crippen molar-refractivity contribution in [3.63, 3.8) is 0 Å². The number of carboxylic acid groups (broad SMARTS) is 1. The molecule has 5 heteroatoms. The SMILES string of the molecule is O=C(NCCC1Cc2ccccc2C1)NC1CCC(C(=O)O)CC1. The number of nitrogens with one attached hydrogen (secondary N) is 2. The Bertz CT molecular complexity index is 569. The van der Waals surface area contributed by atoms with Gasteiger partial charge in [-0.1, -0.05) is 24.3 Å². The van der Waals surface area contributed by atoms with Gasteiger partial charge in [0, 0.05) is 12.6 Å². The van der Waals surface area contributed by atoms with Gasteiger partial charge in [0.15, 0.2) is 0 Å². The van der Waals surface area contributed by atoms with Crippen molar-refractivity contribution < 1.29 is 14.7 Å². The highest BCUT2D eigenvalue weighted by Crippen LogP contribution is 2.28. The molecule has 1 fully saturated rings. The average molecular weight is 330 g/mol. The molecule has 0 atom stereocenters. The summed E-state index contributed by atoms with van der Waals surface area (Å²) in [6.45, 7) is 0.689. The van der Waals surface area contributed by atoms with Gasteiger partial charge >= 0.3 is 12.0 Å².